The van der Waals surface area contributed by atoms with E-state index in [1.54, 1.807) is 11.8 Å². The van der Waals surface area contributed by atoms with Crippen LogP contribution in [0.25, 0.3) is 0 Å². The Bertz CT molecular complexity index is 481. The molecule has 20 heavy (non-hydrogen) atoms. The number of aliphatic carboxylic acids is 1. The highest BCUT2D eigenvalue weighted by Crippen LogP contribution is 2.50. The number of carboxylic acid groups (broad SMARTS) is 1. The molecule has 3 nitrogen and oxygen atoms in total. The molecule has 1 aliphatic carbocycles. The third-order valence-electron chi connectivity index (χ3n) is 3.72. The molecule has 110 valence electrons. The first kappa shape index (κ1) is 15.2. The molecule has 0 bridgehead atoms. The van der Waals surface area contributed by atoms with E-state index in [0.717, 1.165) is 35.7 Å². The smallest absolute Gasteiger partial charge is 0.303 e. The van der Waals surface area contributed by atoms with E-state index < -0.39 is 5.97 Å². The maximum atomic E-state index is 10.8. The van der Waals surface area contributed by atoms with Crippen LogP contribution in [-0.2, 0) is 4.79 Å². The molecule has 0 radical (unpaired) electrons. The maximum Gasteiger partial charge on any atom is 0.303 e. The number of thioether (sulfide) groups is 1. The van der Waals surface area contributed by atoms with Crippen molar-refractivity contribution in [2.24, 2.45) is 5.41 Å². The standard InChI is InChI=1S/C16H22O3S/c1-12-3-4-13(2)14(9-12)19-7-8-20-11-16(5-6-16)10-15(17)18/h3-4,9H,5-8,10-11H2,1-2H3,(H,17,18). The first-order chi connectivity index (χ1) is 9.51. The average molecular weight is 294 g/mol. The molecule has 2 rings (SSSR count). The second-order valence-electron chi connectivity index (χ2n) is 5.74. The third kappa shape index (κ3) is 4.44. The minimum Gasteiger partial charge on any atom is -0.492 e. The Morgan fingerprint density at radius 1 is 1.40 bits per heavy atom. The van der Waals surface area contributed by atoms with Crippen molar-refractivity contribution in [2.75, 3.05) is 18.1 Å². The molecule has 0 aromatic heterocycles. The Morgan fingerprint density at radius 3 is 2.80 bits per heavy atom. The summed E-state index contributed by atoms with van der Waals surface area (Å²) in [6.45, 7) is 4.79. The van der Waals surface area contributed by atoms with Crippen molar-refractivity contribution in [3.63, 3.8) is 0 Å². The topological polar surface area (TPSA) is 46.5 Å². The van der Waals surface area contributed by atoms with Gasteiger partial charge in [-0.05, 0) is 55.1 Å². The van der Waals surface area contributed by atoms with Crippen molar-refractivity contribution in [2.45, 2.75) is 33.1 Å². The number of carbonyl (C=O) groups is 1. The van der Waals surface area contributed by atoms with Gasteiger partial charge >= 0.3 is 5.97 Å². The Morgan fingerprint density at radius 2 is 2.15 bits per heavy atom. The van der Waals surface area contributed by atoms with Gasteiger partial charge in [0.1, 0.15) is 5.75 Å². The molecule has 0 spiro atoms. The zero-order chi connectivity index (χ0) is 14.6. The van der Waals surface area contributed by atoms with Gasteiger partial charge in [-0.2, -0.15) is 11.8 Å². The maximum absolute atomic E-state index is 10.8. The number of carboxylic acids is 1. The Balaban J connectivity index is 1.67. The van der Waals surface area contributed by atoms with E-state index in [-0.39, 0.29) is 5.41 Å². The predicted molar refractivity (Wildman–Crippen MR) is 82.7 cm³/mol. The van der Waals surface area contributed by atoms with Gasteiger partial charge in [-0.15, -0.1) is 0 Å². The van der Waals surface area contributed by atoms with Crippen LogP contribution in [0.2, 0.25) is 0 Å². The van der Waals surface area contributed by atoms with Gasteiger partial charge in [0, 0.05) is 5.75 Å². The van der Waals surface area contributed by atoms with Crippen LogP contribution in [0.3, 0.4) is 0 Å². The lowest BCUT2D eigenvalue weighted by atomic mass is 10.1. The molecule has 1 fully saturated rings. The normalized spacial score (nSPS) is 15.9. The highest BCUT2D eigenvalue weighted by Gasteiger charge is 2.43. The second-order valence-corrected chi connectivity index (χ2v) is 6.85. The van der Waals surface area contributed by atoms with Crippen LogP contribution in [-0.4, -0.2) is 29.2 Å². The molecule has 1 N–H and O–H groups in total. The highest BCUT2D eigenvalue weighted by atomic mass is 32.2. The van der Waals surface area contributed by atoms with Crippen molar-refractivity contribution >= 4 is 17.7 Å². The van der Waals surface area contributed by atoms with Gasteiger partial charge in [0.2, 0.25) is 0 Å². The van der Waals surface area contributed by atoms with Crippen molar-refractivity contribution in [3.8, 4) is 5.75 Å². The van der Waals surface area contributed by atoms with E-state index >= 15 is 0 Å². The Kier molecular flexibility index (Phi) is 4.97. The molecule has 1 aromatic carbocycles. The van der Waals surface area contributed by atoms with Crippen LogP contribution in [0.4, 0.5) is 0 Å². The SMILES string of the molecule is Cc1ccc(C)c(OCCSCC2(CC(=O)O)CC2)c1. The number of ether oxygens (including phenoxy) is 1. The summed E-state index contributed by atoms with van der Waals surface area (Å²) in [5.74, 6) is 2.14. The van der Waals surface area contributed by atoms with Crippen LogP contribution in [0.5, 0.6) is 5.75 Å². The zero-order valence-electron chi connectivity index (χ0n) is 12.1. The average Bonchev–Trinajstić information content (AvgIpc) is 3.12. The van der Waals surface area contributed by atoms with Crippen LogP contribution in [0.15, 0.2) is 18.2 Å². The van der Waals surface area contributed by atoms with Crippen LogP contribution in [0, 0.1) is 19.3 Å². The first-order valence-corrected chi connectivity index (χ1v) is 8.16. The highest BCUT2D eigenvalue weighted by molar-refractivity contribution is 7.99. The lowest BCUT2D eigenvalue weighted by Gasteiger charge is -2.13. The number of hydrogen-bond donors (Lipinski definition) is 1. The number of aryl methyl sites for hydroxylation is 2. The molecule has 0 amide bonds. The minimum atomic E-state index is -0.672. The fourth-order valence-corrected chi connectivity index (χ4v) is 3.40. The van der Waals surface area contributed by atoms with E-state index in [1.807, 2.05) is 6.92 Å². The van der Waals surface area contributed by atoms with Gasteiger partial charge in [-0.1, -0.05) is 12.1 Å². The Labute approximate surface area is 124 Å². The zero-order valence-corrected chi connectivity index (χ0v) is 13.0. The van der Waals surface area contributed by atoms with Crippen molar-refractivity contribution < 1.29 is 14.6 Å². The third-order valence-corrected chi connectivity index (χ3v) is 4.99. The van der Waals surface area contributed by atoms with E-state index in [2.05, 4.69) is 25.1 Å². The Hall–Kier alpha value is -1.16. The van der Waals surface area contributed by atoms with Gasteiger partial charge in [0.15, 0.2) is 0 Å². The van der Waals surface area contributed by atoms with Crippen LogP contribution >= 0.6 is 11.8 Å². The van der Waals surface area contributed by atoms with Gasteiger partial charge in [0.25, 0.3) is 0 Å². The summed E-state index contributed by atoms with van der Waals surface area (Å²) in [5, 5.41) is 8.86. The molecule has 0 atom stereocenters. The second kappa shape index (κ2) is 6.53. The summed E-state index contributed by atoms with van der Waals surface area (Å²) >= 11 is 1.81. The van der Waals surface area contributed by atoms with E-state index in [4.69, 9.17) is 9.84 Å². The van der Waals surface area contributed by atoms with Crippen molar-refractivity contribution in [1.82, 2.24) is 0 Å². The lowest BCUT2D eigenvalue weighted by Crippen LogP contribution is -2.12. The molecule has 1 aliphatic rings. The molecule has 0 heterocycles. The van der Waals surface area contributed by atoms with Crippen molar-refractivity contribution in [3.05, 3.63) is 29.3 Å². The van der Waals surface area contributed by atoms with Gasteiger partial charge in [-0.3, -0.25) is 4.79 Å². The van der Waals surface area contributed by atoms with Gasteiger partial charge < -0.3 is 9.84 Å². The summed E-state index contributed by atoms with van der Waals surface area (Å²) in [6, 6.07) is 6.22. The fraction of sp³-hybridized carbons (Fsp3) is 0.562. The molecule has 0 saturated heterocycles. The van der Waals surface area contributed by atoms with E-state index in [9.17, 15) is 4.79 Å². The number of rotatable bonds is 8. The van der Waals surface area contributed by atoms with E-state index in [1.165, 1.54) is 5.56 Å². The largest absolute Gasteiger partial charge is 0.492 e. The predicted octanol–water partition coefficient (Wildman–Crippen LogP) is 3.67. The minimum absolute atomic E-state index is 0.0791. The summed E-state index contributed by atoms with van der Waals surface area (Å²) in [7, 11) is 0. The summed E-state index contributed by atoms with van der Waals surface area (Å²) < 4.78 is 5.80. The molecule has 0 unspecified atom stereocenters. The van der Waals surface area contributed by atoms with Gasteiger partial charge in [0.05, 0.1) is 13.0 Å². The van der Waals surface area contributed by atoms with E-state index in [0.29, 0.717) is 13.0 Å². The molecule has 0 aliphatic heterocycles. The molecular formula is C16H22O3S. The van der Waals surface area contributed by atoms with Crippen LogP contribution < -0.4 is 4.74 Å². The van der Waals surface area contributed by atoms with Crippen LogP contribution in [0.1, 0.15) is 30.4 Å². The monoisotopic (exact) mass is 294 g/mol. The van der Waals surface area contributed by atoms with Gasteiger partial charge in [-0.25, -0.2) is 0 Å². The first-order valence-electron chi connectivity index (χ1n) is 7.00. The molecule has 1 saturated carbocycles. The molecule has 4 heteroatoms. The summed E-state index contributed by atoms with van der Waals surface area (Å²) in [6.07, 6.45) is 2.44. The molecular weight excluding hydrogens is 272 g/mol. The van der Waals surface area contributed by atoms with Crippen molar-refractivity contribution in [1.29, 1.82) is 0 Å². The summed E-state index contributed by atoms with van der Waals surface area (Å²) in [4.78, 5) is 10.8. The quantitative estimate of drug-likeness (QED) is 0.743. The number of hydrogen-bond acceptors (Lipinski definition) is 3. The fourth-order valence-electron chi connectivity index (χ4n) is 2.23. The summed E-state index contributed by atoms with van der Waals surface area (Å²) in [5.41, 5.74) is 2.44. The molecule has 1 aromatic rings. The number of benzene rings is 1. The lowest BCUT2D eigenvalue weighted by molar-refractivity contribution is -0.138.